The lowest BCUT2D eigenvalue weighted by Gasteiger charge is -2.12. The first kappa shape index (κ1) is 14.1. The summed E-state index contributed by atoms with van der Waals surface area (Å²) in [5.41, 5.74) is 3.07. The fourth-order valence-corrected chi connectivity index (χ4v) is 2.82. The fourth-order valence-electron chi connectivity index (χ4n) is 2.47. The molecule has 1 nitrogen and oxygen atoms in total. The highest BCUT2D eigenvalue weighted by Crippen LogP contribution is 2.25. The van der Waals surface area contributed by atoms with Crippen molar-refractivity contribution in [2.75, 3.05) is 5.32 Å². The molecule has 0 fully saturated rings. The molecule has 3 rings (SSSR count). The molecule has 0 heterocycles. The molecule has 0 amide bonds. The molecule has 0 aliphatic carbocycles. The van der Waals surface area contributed by atoms with E-state index in [1.54, 1.807) is 6.07 Å². The Labute approximate surface area is 131 Å². The zero-order valence-electron chi connectivity index (χ0n) is 11.7. The monoisotopic (exact) mass is 343 g/mol. The normalized spacial score (nSPS) is 10.8. The van der Waals surface area contributed by atoms with Crippen molar-refractivity contribution in [1.82, 2.24) is 0 Å². The van der Waals surface area contributed by atoms with Crippen LogP contribution in [-0.2, 0) is 6.54 Å². The van der Waals surface area contributed by atoms with E-state index in [4.69, 9.17) is 0 Å². The summed E-state index contributed by atoms with van der Waals surface area (Å²) in [6.45, 7) is 2.61. The lowest BCUT2D eigenvalue weighted by Crippen LogP contribution is -2.02. The van der Waals surface area contributed by atoms with Crippen LogP contribution in [0.25, 0.3) is 10.8 Å². The van der Waals surface area contributed by atoms with Gasteiger partial charge in [-0.15, -0.1) is 0 Å². The second kappa shape index (κ2) is 5.86. The van der Waals surface area contributed by atoms with Gasteiger partial charge in [0, 0.05) is 12.2 Å². The summed E-state index contributed by atoms with van der Waals surface area (Å²) in [7, 11) is 0. The van der Waals surface area contributed by atoms with Crippen LogP contribution < -0.4 is 5.32 Å². The van der Waals surface area contributed by atoms with Crippen LogP contribution in [0.3, 0.4) is 0 Å². The van der Waals surface area contributed by atoms with Crippen LogP contribution >= 0.6 is 15.9 Å². The molecule has 0 aromatic heterocycles. The van der Waals surface area contributed by atoms with Crippen molar-refractivity contribution in [2.45, 2.75) is 13.5 Å². The lowest BCUT2D eigenvalue weighted by molar-refractivity contribution is 0.620. The van der Waals surface area contributed by atoms with E-state index in [9.17, 15) is 4.39 Å². The number of nitrogens with one attached hydrogen (secondary N) is 1. The van der Waals surface area contributed by atoms with Crippen molar-refractivity contribution < 1.29 is 4.39 Å². The minimum Gasteiger partial charge on any atom is -0.381 e. The number of halogens is 2. The Balaban J connectivity index is 1.89. The van der Waals surface area contributed by atoms with Gasteiger partial charge in [0.05, 0.1) is 4.47 Å². The molecule has 0 saturated carbocycles. The molecular weight excluding hydrogens is 329 g/mol. The van der Waals surface area contributed by atoms with Crippen LogP contribution in [0.4, 0.5) is 10.1 Å². The van der Waals surface area contributed by atoms with E-state index in [2.05, 4.69) is 51.6 Å². The number of benzene rings is 3. The van der Waals surface area contributed by atoms with E-state index in [0.717, 1.165) is 11.3 Å². The summed E-state index contributed by atoms with van der Waals surface area (Å²) >= 11 is 3.23. The average molecular weight is 344 g/mol. The van der Waals surface area contributed by atoms with Crippen molar-refractivity contribution in [3.05, 3.63) is 76.0 Å². The van der Waals surface area contributed by atoms with Gasteiger partial charge in [-0.1, -0.05) is 42.5 Å². The second-order valence-electron chi connectivity index (χ2n) is 5.07. The molecule has 3 aromatic carbocycles. The first-order chi connectivity index (χ1) is 10.1. The molecule has 0 aliphatic rings. The minimum atomic E-state index is -0.233. The molecule has 106 valence electrons. The molecule has 0 bridgehead atoms. The summed E-state index contributed by atoms with van der Waals surface area (Å²) in [6.07, 6.45) is 0. The Hall–Kier alpha value is -1.87. The highest BCUT2D eigenvalue weighted by molar-refractivity contribution is 9.10. The minimum absolute atomic E-state index is 0.233. The predicted octanol–water partition coefficient (Wildman–Crippen LogP) is 5.66. The number of aryl methyl sites for hydroxylation is 1. The molecule has 0 unspecified atom stereocenters. The maximum absolute atomic E-state index is 13.5. The summed E-state index contributed by atoms with van der Waals surface area (Å²) in [5, 5.41) is 5.87. The molecular formula is C18H15BrFN. The number of anilines is 1. The van der Waals surface area contributed by atoms with Crippen LogP contribution in [0.2, 0.25) is 0 Å². The molecule has 0 radical (unpaired) electrons. The zero-order valence-corrected chi connectivity index (χ0v) is 13.2. The summed E-state index contributed by atoms with van der Waals surface area (Å²) in [4.78, 5) is 0. The van der Waals surface area contributed by atoms with Gasteiger partial charge in [0.1, 0.15) is 5.82 Å². The van der Waals surface area contributed by atoms with Gasteiger partial charge in [0.15, 0.2) is 0 Å². The maximum Gasteiger partial charge on any atom is 0.137 e. The van der Waals surface area contributed by atoms with Crippen LogP contribution in [0.5, 0.6) is 0 Å². The van der Waals surface area contributed by atoms with Crippen LogP contribution in [-0.4, -0.2) is 0 Å². The van der Waals surface area contributed by atoms with E-state index in [0.29, 0.717) is 11.0 Å². The molecule has 0 spiro atoms. The first-order valence-electron chi connectivity index (χ1n) is 6.81. The second-order valence-corrected chi connectivity index (χ2v) is 5.93. The van der Waals surface area contributed by atoms with Gasteiger partial charge in [0.25, 0.3) is 0 Å². The van der Waals surface area contributed by atoms with E-state index in [1.807, 2.05) is 19.1 Å². The average Bonchev–Trinajstić information content (AvgIpc) is 2.49. The van der Waals surface area contributed by atoms with E-state index >= 15 is 0 Å². The zero-order chi connectivity index (χ0) is 14.8. The topological polar surface area (TPSA) is 12.0 Å². The van der Waals surface area contributed by atoms with Crippen molar-refractivity contribution in [3.8, 4) is 0 Å². The lowest BCUT2D eigenvalue weighted by atomic mass is 10.0. The van der Waals surface area contributed by atoms with Crippen molar-refractivity contribution >= 4 is 32.4 Å². The number of hydrogen-bond donors (Lipinski definition) is 1. The SMILES string of the molecule is Cc1cc(F)c(Br)cc1NCc1cccc2ccccc12. The number of rotatable bonds is 3. The Morgan fingerprint density at radius 2 is 1.81 bits per heavy atom. The first-order valence-corrected chi connectivity index (χ1v) is 7.60. The largest absolute Gasteiger partial charge is 0.381 e. The quantitative estimate of drug-likeness (QED) is 0.646. The van der Waals surface area contributed by atoms with Crippen LogP contribution in [0, 0.1) is 12.7 Å². The third kappa shape index (κ3) is 2.93. The Morgan fingerprint density at radius 1 is 1.05 bits per heavy atom. The molecule has 1 N–H and O–H groups in total. The Bertz CT molecular complexity index is 793. The molecule has 3 aromatic rings. The van der Waals surface area contributed by atoms with E-state index in [-0.39, 0.29) is 5.82 Å². The molecule has 3 heteroatoms. The molecule has 0 atom stereocenters. The van der Waals surface area contributed by atoms with Crippen molar-refractivity contribution in [3.63, 3.8) is 0 Å². The van der Waals surface area contributed by atoms with Gasteiger partial charge in [-0.25, -0.2) is 4.39 Å². The standard InChI is InChI=1S/C18H15BrFN/c1-12-9-17(20)16(19)10-18(12)21-11-14-7-4-6-13-5-2-3-8-15(13)14/h2-10,21H,11H2,1H3. The maximum atomic E-state index is 13.5. The van der Waals surface area contributed by atoms with E-state index < -0.39 is 0 Å². The van der Waals surface area contributed by atoms with E-state index in [1.165, 1.54) is 22.4 Å². The third-order valence-electron chi connectivity index (χ3n) is 3.62. The Kier molecular flexibility index (Phi) is 3.93. The summed E-state index contributed by atoms with van der Waals surface area (Å²) in [6, 6.07) is 17.9. The van der Waals surface area contributed by atoms with Gasteiger partial charge >= 0.3 is 0 Å². The highest BCUT2D eigenvalue weighted by atomic mass is 79.9. The fraction of sp³-hybridized carbons (Fsp3) is 0.111. The van der Waals surface area contributed by atoms with Crippen LogP contribution in [0.15, 0.2) is 59.1 Å². The summed E-state index contributed by atoms with van der Waals surface area (Å²) in [5.74, 6) is -0.233. The molecule has 21 heavy (non-hydrogen) atoms. The summed E-state index contributed by atoms with van der Waals surface area (Å²) < 4.78 is 13.9. The Morgan fingerprint density at radius 3 is 2.67 bits per heavy atom. The number of hydrogen-bond acceptors (Lipinski definition) is 1. The van der Waals surface area contributed by atoms with Gasteiger partial charge in [-0.3, -0.25) is 0 Å². The predicted molar refractivity (Wildman–Crippen MR) is 90.1 cm³/mol. The van der Waals surface area contributed by atoms with Crippen molar-refractivity contribution in [2.24, 2.45) is 0 Å². The van der Waals surface area contributed by atoms with Gasteiger partial charge in [-0.05, 0) is 56.9 Å². The smallest absolute Gasteiger partial charge is 0.137 e. The number of fused-ring (bicyclic) bond motifs is 1. The molecule has 0 saturated heterocycles. The molecule has 0 aliphatic heterocycles. The highest BCUT2D eigenvalue weighted by Gasteiger charge is 2.06. The third-order valence-corrected chi connectivity index (χ3v) is 4.22. The van der Waals surface area contributed by atoms with Gasteiger partial charge in [0.2, 0.25) is 0 Å². The van der Waals surface area contributed by atoms with Crippen LogP contribution in [0.1, 0.15) is 11.1 Å². The van der Waals surface area contributed by atoms with Gasteiger partial charge < -0.3 is 5.32 Å². The van der Waals surface area contributed by atoms with Crippen molar-refractivity contribution in [1.29, 1.82) is 0 Å². The van der Waals surface area contributed by atoms with Gasteiger partial charge in [-0.2, -0.15) is 0 Å².